The molecule has 36 heavy (non-hydrogen) atoms. The van der Waals surface area contributed by atoms with Crippen molar-refractivity contribution < 1.29 is 33.2 Å². The van der Waals surface area contributed by atoms with Gasteiger partial charge in [0.05, 0.1) is 46.2 Å². The summed E-state index contributed by atoms with van der Waals surface area (Å²) in [7, 11) is 0. The van der Waals surface area contributed by atoms with Gasteiger partial charge in [-0.1, -0.05) is 48.5 Å². The molecule has 196 valence electrons. The van der Waals surface area contributed by atoms with Gasteiger partial charge in [0.1, 0.15) is 6.61 Å². The number of fused-ring (bicyclic) bond motifs is 3. The van der Waals surface area contributed by atoms with Gasteiger partial charge in [-0.3, -0.25) is 0 Å². The van der Waals surface area contributed by atoms with Crippen LogP contribution in [0.25, 0.3) is 11.1 Å². The number of carbonyl (C=O) groups excluding carboxylic acids is 1. The Morgan fingerprint density at radius 3 is 2.06 bits per heavy atom. The SMILES string of the molecule is O=C(NCCOCCOCCOCCOC1CCCCO1)OCC1c2ccccc2-c2ccccc21. The fourth-order valence-electron chi connectivity index (χ4n) is 4.50. The van der Waals surface area contributed by atoms with E-state index in [9.17, 15) is 4.79 Å². The maximum absolute atomic E-state index is 12.2. The largest absolute Gasteiger partial charge is 0.449 e. The summed E-state index contributed by atoms with van der Waals surface area (Å²) in [6.07, 6.45) is 2.73. The van der Waals surface area contributed by atoms with Crippen LogP contribution in [0.15, 0.2) is 48.5 Å². The summed E-state index contributed by atoms with van der Waals surface area (Å²) in [6, 6.07) is 16.6. The number of nitrogens with one attached hydrogen (secondary N) is 1. The van der Waals surface area contributed by atoms with Crippen molar-refractivity contribution in [1.82, 2.24) is 5.32 Å². The first-order chi connectivity index (χ1) is 17.8. The van der Waals surface area contributed by atoms with E-state index in [-0.39, 0.29) is 12.2 Å². The van der Waals surface area contributed by atoms with Crippen molar-refractivity contribution in [3.63, 3.8) is 0 Å². The third kappa shape index (κ3) is 8.01. The number of amides is 1. The topological polar surface area (TPSA) is 84.5 Å². The minimum absolute atomic E-state index is 0.0546. The first-order valence-corrected chi connectivity index (χ1v) is 12.9. The standard InChI is InChI=1S/C28H37NO7/c30-28(36-21-26-24-9-3-1-7-22(24)23-8-2-4-10-25(23)26)29-12-14-31-15-16-32-17-18-33-19-20-35-27-11-5-6-13-34-27/h1-4,7-10,26-27H,5-6,11-21H2,(H,29,30). The Hall–Kier alpha value is -2.49. The number of alkyl carbamates (subject to hydrolysis) is 1. The first kappa shape index (κ1) is 26.6. The zero-order valence-corrected chi connectivity index (χ0v) is 20.8. The van der Waals surface area contributed by atoms with Crippen LogP contribution < -0.4 is 5.32 Å². The molecule has 0 bridgehead atoms. The monoisotopic (exact) mass is 499 g/mol. The fourth-order valence-corrected chi connectivity index (χ4v) is 4.50. The molecule has 2 aromatic carbocycles. The second kappa shape index (κ2) is 14.9. The van der Waals surface area contributed by atoms with E-state index in [1.165, 1.54) is 22.3 Å². The van der Waals surface area contributed by atoms with Gasteiger partial charge in [-0.25, -0.2) is 4.79 Å². The lowest BCUT2D eigenvalue weighted by Crippen LogP contribution is -2.29. The highest BCUT2D eigenvalue weighted by Gasteiger charge is 2.28. The number of hydrogen-bond acceptors (Lipinski definition) is 7. The van der Waals surface area contributed by atoms with E-state index in [0.717, 1.165) is 25.9 Å². The van der Waals surface area contributed by atoms with E-state index in [1.807, 2.05) is 24.3 Å². The van der Waals surface area contributed by atoms with Crippen LogP contribution in [0.4, 0.5) is 4.79 Å². The highest BCUT2D eigenvalue weighted by atomic mass is 16.7. The van der Waals surface area contributed by atoms with Crippen LogP contribution >= 0.6 is 0 Å². The normalized spacial score (nSPS) is 16.9. The van der Waals surface area contributed by atoms with Crippen molar-refractivity contribution in [2.24, 2.45) is 0 Å². The average molecular weight is 500 g/mol. The lowest BCUT2D eigenvalue weighted by molar-refractivity contribution is -0.169. The van der Waals surface area contributed by atoms with Gasteiger partial charge in [-0.05, 0) is 41.5 Å². The van der Waals surface area contributed by atoms with E-state index in [4.69, 9.17) is 28.4 Å². The van der Waals surface area contributed by atoms with Crippen molar-refractivity contribution in [1.29, 1.82) is 0 Å². The van der Waals surface area contributed by atoms with Gasteiger partial charge in [0.25, 0.3) is 0 Å². The molecule has 4 rings (SSSR count). The third-order valence-corrected chi connectivity index (χ3v) is 6.27. The van der Waals surface area contributed by atoms with Crippen molar-refractivity contribution >= 4 is 6.09 Å². The number of ether oxygens (including phenoxy) is 6. The molecule has 1 heterocycles. The quantitative estimate of drug-likeness (QED) is 0.369. The molecule has 0 radical (unpaired) electrons. The van der Waals surface area contributed by atoms with E-state index in [1.54, 1.807) is 0 Å². The fraction of sp³-hybridized carbons (Fsp3) is 0.536. The molecule has 1 aliphatic carbocycles. The molecular formula is C28H37NO7. The average Bonchev–Trinajstić information content (AvgIpc) is 3.24. The molecule has 1 fully saturated rings. The van der Waals surface area contributed by atoms with Crippen LogP contribution in [0.5, 0.6) is 0 Å². The predicted molar refractivity (Wildman–Crippen MR) is 135 cm³/mol. The van der Waals surface area contributed by atoms with E-state index < -0.39 is 6.09 Å². The van der Waals surface area contributed by atoms with Gasteiger partial charge >= 0.3 is 6.09 Å². The van der Waals surface area contributed by atoms with E-state index >= 15 is 0 Å². The van der Waals surface area contributed by atoms with Gasteiger partial charge in [-0.2, -0.15) is 0 Å². The number of hydrogen-bond donors (Lipinski definition) is 1. The van der Waals surface area contributed by atoms with E-state index in [2.05, 4.69) is 29.6 Å². The molecule has 0 saturated carbocycles. The summed E-state index contributed by atoms with van der Waals surface area (Å²) in [5.41, 5.74) is 4.82. The highest BCUT2D eigenvalue weighted by Crippen LogP contribution is 2.44. The molecule has 2 aromatic rings. The van der Waals surface area contributed by atoms with Crippen LogP contribution in [-0.4, -0.2) is 78.4 Å². The Morgan fingerprint density at radius 1 is 0.806 bits per heavy atom. The van der Waals surface area contributed by atoms with Crippen LogP contribution in [0, 0.1) is 0 Å². The molecule has 1 amide bonds. The molecule has 2 aliphatic rings. The van der Waals surface area contributed by atoms with Crippen LogP contribution in [0.1, 0.15) is 36.3 Å². The molecule has 8 nitrogen and oxygen atoms in total. The van der Waals surface area contributed by atoms with Crippen LogP contribution in [0.2, 0.25) is 0 Å². The Kier molecular flexibility index (Phi) is 11.0. The summed E-state index contributed by atoms with van der Waals surface area (Å²) in [4.78, 5) is 12.2. The Balaban J connectivity index is 0.975. The minimum Gasteiger partial charge on any atom is -0.449 e. The molecule has 1 atom stereocenters. The Morgan fingerprint density at radius 2 is 1.42 bits per heavy atom. The number of rotatable bonds is 15. The predicted octanol–water partition coefficient (Wildman–Crippen LogP) is 4.12. The molecule has 0 aromatic heterocycles. The maximum atomic E-state index is 12.2. The molecule has 0 spiro atoms. The lowest BCUT2D eigenvalue weighted by Gasteiger charge is -2.22. The summed E-state index contributed by atoms with van der Waals surface area (Å²) in [5.74, 6) is 0.0546. The smallest absolute Gasteiger partial charge is 0.407 e. The molecule has 1 N–H and O–H groups in total. The van der Waals surface area contributed by atoms with Crippen molar-refractivity contribution in [3.8, 4) is 11.1 Å². The van der Waals surface area contributed by atoms with E-state index in [0.29, 0.717) is 59.4 Å². The summed E-state index contributed by atoms with van der Waals surface area (Å²) in [5, 5.41) is 2.74. The van der Waals surface area contributed by atoms with Gasteiger partial charge in [-0.15, -0.1) is 0 Å². The number of benzene rings is 2. The second-order valence-electron chi connectivity index (χ2n) is 8.76. The third-order valence-electron chi connectivity index (χ3n) is 6.27. The van der Waals surface area contributed by atoms with Gasteiger partial charge in [0.2, 0.25) is 0 Å². The van der Waals surface area contributed by atoms with Crippen molar-refractivity contribution in [2.75, 3.05) is 66.0 Å². The van der Waals surface area contributed by atoms with Crippen molar-refractivity contribution in [2.45, 2.75) is 31.5 Å². The van der Waals surface area contributed by atoms with Crippen molar-refractivity contribution in [3.05, 3.63) is 59.7 Å². The van der Waals surface area contributed by atoms with Gasteiger partial charge < -0.3 is 33.7 Å². The van der Waals surface area contributed by atoms with Crippen LogP contribution in [0.3, 0.4) is 0 Å². The zero-order valence-electron chi connectivity index (χ0n) is 20.8. The lowest BCUT2D eigenvalue weighted by atomic mass is 9.98. The van der Waals surface area contributed by atoms with Crippen LogP contribution in [-0.2, 0) is 28.4 Å². The minimum atomic E-state index is -0.437. The molecule has 1 aliphatic heterocycles. The zero-order chi connectivity index (χ0) is 24.8. The first-order valence-electron chi connectivity index (χ1n) is 12.9. The summed E-state index contributed by atoms with van der Waals surface area (Å²) in [6.45, 7) is 4.86. The maximum Gasteiger partial charge on any atom is 0.407 e. The summed E-state index contributed by atoms with van der Waals surface area (Å²) < 4.78 is 33.1. The highest BCUT2D eigenvalue weighted by molar-refractivity contribution is 5.79. The Bertz CT molecular complexity index is 886. The molecular weight excluding hydrogens is 462 g/mol. The Labute approximate surface area is 213 Å². The molecule has 1 saturated heterocycles. The summed E-state index contributed by atoms with van der Waals surface area (Å²) >= 11 is 0. The molecule has 8 heteroatoms. The number of carbonyl (C=O) groups is 1. The van der Waals surface area contributed by atoms with Gasteiger partial charge in [0.15, 0.2) is 6.29 Å². The molecule has 1 unspecified atom stereocenters. The van der Waals surface area contributed by atoms with Gasteiger partial charge in [0, 0.05) is 19.1 Å². The second-order valence-corrected chi connectivity index (χ2v) is 8.76.